The zero-order valence-corrected chi connectivity index (χ0v) is 14.1. The van der Waals surface area contributed by atoms with Crippen LogP contribution in [0, 0.1) is 0 Å². The fraction of sp³-hybridized carbons (Fsp3) is 0.526. The molecule has 0 aliphatic rings. The Morgan fingerprint density at radius 1 is 1.04 bits per heavy atom. The van der Waals surface area contributed by atoms with E-state index in [2.05, 4.69) is 29.4 Å². The topological polar surface area (TPSA) is 47.8 Å². The molecule has 0 aliphatic carbocycles. The Labute approximate surface area is 138 Å². The Kier molecular flexibility index (Phi) is 7.50. The number of benzene rings is 1. The number of carbonyl (C=O) groups excluding carboxylic acids is 1. The first-order valence-electron chi connectivity index (χ1n) is 8.81. The molecule has 0 fully saturated rings. The van der Waals surface area contributed by atoms with Crippen molar-refractivity contribution in [2.24, 2.45) is 0 Å². The molecule has 0 amide bonds. The smallest absolute Gasteiger partial charge is 0.248 e. The van der Waals surface area contributed by atoms with E-state index in [0.29, 0.717) is 6.42 Å². The number of hydrogen-bond acceptors (Lipinski definition) is 3. The number of unbranched alkanes of at least 4 members (excludes halogenated alkanes) is 6. The molecule has 23 heavy (non-hydrogen) atoms. The molecule has 0 unspecified atom stereocenters. The van der Waals surface area contributed by atoms with E-state index >= 15 is 0 Å². The maximum absolute atomic E-state index is 12.2. The van der Waals surface area contributed by atoms with E-state index in [4.69, 9.17) is 0 Å². The largest absolute Gasteiger partial charge is 0.273 e. The molecule has 124 valence electrons. The highest BCUT2D eigenvalue weighted by Gasteiger charge is 2.10. The first-order chi connectivity index (χ1) is 11.3. The van der Waals surface area contributed by atoms with Crippen molar-refractivity contribution in [1.29, 1.82) is 0 Å². The summed E-state index contributed by atoms with van der Waals surface area (Å²) in [6, 6.07) is 7.58. The highest BCUT2D eigenvalue weighted by Crippen LogP contribution is 2.12. The molecule has 1 heterocycles. The number of nitrogens with zero attached hydrogens (tertiary/aromatic N) is 3. The number of rotatable bonds is 10. The Bertz CT molecular complexity index is 630. The molecule has 0 saturated heterocycles. The highest BCUT2D eigenvalue weighted by molar-refractivity contribution is 5.88. The molecule has 4 nitrogen and oxygen atoms in total. The molecule has 0 saturated carbocycles. The lowest BCUT2D eigenvalue weighted by Gasteiger charge is -2.02. The van der Waals surface area contributed by atoms with Crippen LogP contribution >= 0.6 is 0 Å². The summed E-state index contributed by atoms with van der Waals surface area (Å²) < 4.78 is 1.44. The van der Waals surface area contributed by atoms with Crippen LogP contribution in [0.4, 0.5) is 0 Å². The Morgan fingerprint density at radius 3 is 2.65 bits per heavy atom. The first-order valence-corrected chi connectivity index (χ1v) is 8.81. The summed E-state index contributed by atoms with van der Waals surface area (Å²) in [6.07, 6.45) is 14.5. The van der Waals surface area contributed by atoms with Gasteiger partial charge < -0.3 is 0 Å². The third kappa shape index (κ3) is 5.62. The van der Waals surface area contributed by atoms with Crippen LogP contribution in [0.2, 0.25) is 0 Å². The number of para-hydroxylation sites is 1. The van der Waals surface area contributed by atoms with Gasteiger partial charge in [-0.15, -0.1) is 5.10 Å². The minimum atomic E-state index is 0.0428. The van der Waals surface area contributed by atoms with Crippen LogP contribution in [0.1, 0.15) is 69.5 Å². The molecular formula is C19H27N3O. The zero-order valence-electron chi connectivity index (χ0n) is 14.1. The molecule has 4 heteroatoms. The number of allylic oxidation sites excluding steroid dienone is 2. The van der Waals surface area contributed by atoms with Crippen LogP contribution in [0.3, 0.4) is 0 Å². The predicted molar refractivity (Wildman–Crippen MR) is 94.5 cm³/mol. The Morgan fingerprint density at radius 2 is 1.78 bits per heavy atom. The predicted octanol–water partition coefficient (Wildman–Crippen LogP) is 5.16. The van der Waals surface area contributed by atoms with Gasteiger partial charge in [-0.05, 0) is 37.8 Å². The van der Waals surface area contributed by atoms with Gasteiger partial charge in [0.2, 0.25) is 5.91 Å². The van der Waals surface area contributed by atoms with Crippen LogP contribution in [0.25, 0.3) is 11.0 Å². The lowest BCUT2D eigenvalue weighted by molar-refractivity contribution is 0.0886. The third-order valence-corrected chi connectivity index (χ3v) is 3.97. The highest BCUT2D eigenvalue weighted by atomic mass is 16.2. The van der Waals surface area contributed by atoms with E-state index in [1.54, 1.807) is 0 Å². The van der Waals surface area contributed by atoms with Crippen molar-refractivity contribution in [3.05, 3.63) is 36.4 Å². The second-order valence-electron chi connectivity index (χ2n) is 5.95. The van der Waals surface area contributed by atoms with Gasteiger partial charge >= 0.3 is 0 Å². The second kappa shape index (κ2) is 9.93. The third-order valence-electron chi connectivity index (χ3n) is 3.97. The molecule has 1 aromatic carbocycles. The molecule has 0 bridgehead atoms. The summed E-state index contributed by atoms with van der Waals surface area (Å²) >= 11 is 0. The van der Waals surface area contributed by atoms with Crippen molar-refractivity contribution in [3.8, 4) is 0 Å². The lowest BCUT2D eigenvalue weighted by Crippen LogP contribution is -2.12. The van der Waals surface area contributed by atoms with Gasteiger partial charge in [0, 0.05) is 6.42 Å². The Balaban J connectivity index is 1.60. The van der Waals surface area contributed by atoms with Gasteiger partial charge in [0.25, 0.3) is 0 Å². The number of hydrogen-bond donors (Lipinski definition) is 0. The van der Waals surface area contributed by atoms with E-state index in [1.165, 1.54) is 43.2 Å². The summed E-state index contributed by atoms with van der Waals surface area (Å²) in [6.45, 7) is 2.20. The normalized spacial score (nSPS) is 11.5. The second-order valence-corrected chi connectivity index (χ2v) is 5.95. The molecule has 0 radical (unpaired) electrons. The van der Waals surface area contributed by atoms with Gasteiger partial charge in [-0.3, -0.25) is 4.79 Å². The lowest BCUT2D eigenvalue weighted by atomic mass is 10.1. The number of carbonyl (C=O) groups is 1. The van der Waals surface area contributed by atoms with E-state index < -0.39 is 0 Å². The molecule has 2 rings (SSSR count). The van der Waals surface area contributed by atoms with Gasteiger partial charge in [-0.25, -0.2) is 0 Å². The average molecular weight is 313 g/mol. The van der Waals surface area contributed by atoms with Gasteiger partial charge in [0.05, 0.1) is 5.52 Å². The van der Waals surface area contributed by atoms with Gasteiger partial charge in [-0.1, -0.05) is 62.1 Å². The van der Waals surface area contributed by atoms with Crippen LogP contribution in [-0.2, 0) is 0 Å². The summed E-state index contributed by atoms with van der Waals surface area (Å²) in [7, 11) is 0. The van der Waals surface area contributed by atoms with Crippen molar-refractivity contribution < 1.29 is 4.79 Å². The van der Waals surface area contributed by atoms with Gasteiger partial charge in [0.1, 0.15) is 5.52 Å². The van der Waals surface area contributed by atoms with E-state index in [1.807, 2.05) is 24.3 Å². The summed E-state index contributed by atoms with van der Waals surface area (Å²) in [5, 5.41) is 7.99. The fourth-order valence-corrected chi connectivity index (χ4v) is 2.63. The van der Waals surface area contributed by atoms with Crippen molar-refractivity contribution in [1.82, 2.24) is 15.0 Å². The SMILES string of the molecule is CCC/C=C/CCCCCCCC(=O)n1nnc2ccccc21. The maximum Gasteiger partial charge on any atom is 0.248 e. The molecule has 1 aromatic heterocycles. The number of fused-ring (bicyclic) bond motifs is 1. The summed E-state index contributed by atoms with van der Waals surface area (Å²) in [5.41, 5.74) is 1.58. The monoisotopic (exact) mass is 313 g/mol. The van der Waals surface area contributed by atoms with Crippen molar-refractivity contribution in [2.45, 2.75) is 64.7 Å². The Hall–Kier alpha value is -1.97. The summed E-state index contributed by atoms with van der Waals surface area (Å²) in [5.74, 6) is 0.0428. The minimum absolute atomic E-state index is 0.0428. The van der Waals surface area contributed by atoms with Crippen LogP contribution < -0.4 is 0 Å². The van der Waals surface area contributed by atoms with E-state index in [9.17, 15) is 4.79 Å². The first kappa shape index (κ1) is 17.4. The summed E-state index contributed by atoms with van der Waals surface area (Å²) in [4.78, 5) is 12.2. The molecular weight excluding hydrogens is 286 g/mol. The van der Waals surface area contributed by atoms with E-state index in [0.717, 1.165) is 23.9 Å². The maximum atomic E-state index is 12.2. The standard InChI is InChI=1S/C19H27N3O/c1-2-3-4-5-6-7-8-9-10-11-16-19(23)22-18-15-13-12-14-17(18)20-21-22/h4-5,12-15H,2-3,6-11,16H2,1H3/b5-4+. The van der Waals surface area contributed by atoms with Gasteiger partial charge in [-0.2, -0.15) is 4.68 Å². The zero-order chi connectivity index (χ0) is 16.3. The quantitative estimate of drug-likeness (QED) is 0.449. The van der Waals surface area contributed by atoms with Crippen LogP contribution in [-0.4, -0.2) is 20.9 Å². The van der Waals surface area contributed by atoms with Crippen molar-refractivity contribution in [3.63, 3.8) is 0 Å². The fourth-order valence-electron chi connectivity index (χ4n) is 2.63. The van der Waals surface area contributed by atoms with Gasteiger partial charge in [0.15, 0.2) is 0 Å². The van der Waals surface area contributed by atoms with Crippen LogP contribution in [0.5, 0.6) is 0 Å². The minimum Gasteiger partial charge on any atom is -0.273 e. The molecule has 0 atom stereocenters. The average Bonchev–Trinajstić information content (AvgIpc) is 3.00. The molecule has 0 N–H and O–H groups in total. The van der Waals surface area contributed by atoms with Crippen molar-refractivity contribution >= 4 is 16.9 Å². The van der Waals surface area contributed by atoms with E-state index in [-0.39, 0.29) is 5.91 Å². The number of aromatic nitrogens is 3. The molecule has 2 aromatic rings. The van der Waals surface area contributed by atoms with Crippen molar-refractivity contribution in [2.75, 3.05) is 0 Å². The molecule has 0 spiro atoms. The van der Waals surface area contributed by atoms with Crippen LogP contribution in [0.15, 0.2) is 36.4 Å². The molecule has 0 aliphatic heterocycles.